The summed E-state index contributed by atoms with van der Waals surface area (Å²) in [6.07, 6.45) is 3.67. The Kier molecular flexibility index (Phi) is 8.68. The van der Waals surface area contributed by atoms with Gasteiger partial charge in [-0.1, -0.05) is 151 Å². The summed E-state index contributed by atoms with van der Waals surface area (Å²) in [6, 6.07) is 60.5. The molecule has 0 spiro atoms. The number of nitrogens with zero attached hydrogens (tertiary/aromatic N) is 4. The maximum Gasteiger partial charge on any atom is 0.252 e. The van der Waals surface area contributed by atoms with Gasteiger partial charge in [-0.05, 0) is 115 Å². The Bertz CT molecular complexity index is 2650. The van der Waals surface area contributed by atoms with Gasteiger partial charge in [-0.25, -0.2) is 9.97 Å². The quantitative estimate of drug-likeness (QED) is 0.164. The average Bonchev–Trinajstić information content (AvgIpc) is 3.26. The first-order chi connectivity index (χ1) is 28.5. The van der Waals surface area contributed by atoms with Crippen LogP contribution in [0.25, 0.3) is 33.6 Å². The Labute approximate surface area is 349 Å². The predicted octanol–water partition coefficient (Wildman–Crippen LogP) is 12.2. The third kappa shape index (κ3) is 6.42. The average molecular weight is 763 g/mol. The Morgan fingerprint density at radius 2 is 0.814 bits per heavy atom. The first-order valence-corrected chi connectivity index (χ1v) is 20.7. The van der Waals surface area contributed by atoms with Gasteiger partial charge in [0.1, 0.15) is 0 Å². The van der Waals surface area contributed by atoms with Gasteiger partial charge in [0.05, 0.1) is 0 Å². The van der Waals surface area contributed by atoms with Crippen molar-refractivity contribution in [2.45, 2.75) is 52.4 Å². The zero-order valence-electron chi connectivity index (χ0n) is 34.6. The van der Waals surface area contributed by atoms with Crippen LogP contribution in [0.5, 0.6) is 0 Å². The molecule has 5 heteroatoms. The molecule has 10 rings (SSSR count). The molecule has 286 valence electrons. The Balaban J connectivity index is 1.31. The normalized spacial score (nSPS) is 13.2. The van der Waals surface area contributed by atoms with Gasteiger partial charge >= 0.3 is 0 Å². The number of hydrogen-bond donors (Lipinski definition) is 0. The molecule has 0 unspecified atom stereocenters. The highest BCUT2D eigenvalue weighted by Crippen LogP contribution is 2.47. The molecule has 0 saturated heterocycles. The molecule has 0 atom stereocenters. The molecule has 0 saturated carbocycles. The fourth-order valence-corrected chi connectivity index (χ4v) is 8.98. The second-order valence-electron chi connectivity index (χ2n) is 18.0. The van der Waals surface area contributed by atoms with Gasteiger partial charge in [-0.15, -0.1) is 0 Å². The zero-order chi connectivity index (χ0) is 40.5. The minimum atomic E-state index is -0.0572. The van der Waals surface area contributed by atoms with Crippen molar-refractivity contribution in [3.05, 3.63) is 187 Å². The minimum absolute atomic E-state index is 0.0287. The Morgan fingerprint density at radius 1 is 0.390 bits per heavy atom. The highest BCUT2D eigenvalue weighted by atomic mass is 15.2. The van der Waals surface area contributed by atoms with E-state index < -0.39 is 0 Å². The van der Waals surface area contributed by atoms with Crippen LogP contribution in [0.1, 0.15) is 52.7 Å². The Hall–Kier alpha value is -6.72. The van der Waals surface area contributed by atoms with Crippen LogP contribution >= 0.6 is 0 Å². The standard InChI is InChI=1S/C54H47BN4/c1-53(2,3)41-20-24-43(25-21-41)58-47-28-18-38(36-14-9-7-10-15-36)32-45(47)55-46-33-39(37-16-11-8-12-17-37)19-29-48(46)59(44-26-22-42(23-27-44)54(4,5)6)50-35-40(34-49(58)51(50)55)52-56-30-13-31-57-52/h7-35H,1-6H3. The van der Waals surface area contributed by atoms with Crippen LogP contribution < -0.4 is 26.2 Å². The zero-order valence-corrected chi connectivity index (χ0v) is 34.6. The van der Waals surface area contributed by atoms with Crippen molar-refractivity contribution in [3.63, 3.8) is 0 Å². The minimum Gasteiger partial charge on any atom is -0.311 e. The van der Waals surface area contributed by atoms with Crippen molar-refractivity contribution in [1.29, 1.82) is 0 Å². The topological polar surface area (TPSA) is 32.3 Å². The summed E-state index contributed by atoms with van der Waals surface area (Å²) in [6.45, 7) is 13.6. The fourth-order valence-electron chi connectivity index (χ4n) is 8.98. The van der Waals surface area contributed by atoms with Crippen LogP contribution in [0, 0.1) is 0 Å². The van der Waals surface area contributed by atoms with Gasteiger partial charge in [0.15, 0.2) is 5.82 Å². The molecular weight excluding hydrogens is 715 g/mol. The van der Waals surface area contributed by atoms with E-state index in [1.165, 1.54) is 61.1 Å². The largest absolute Gasteiger partial charge is 0.311 e. The van der Waals surface area contributed by atoms with Crippen LogP contribution in [0.15, 0.2) is 176 Å². The Morgan fingerprint density at radius 3 is 1.22 bits per heavy atom. The van der Waals surface area contributed by atoms with Crippen molar-refractivity contribution < 1.29 is 0 Å². The van der Waals surface area contributed by atoms with E-state index in [1.54, 1.807) is 0 Å². The van der Waals surface area contributed by atoms with Crippen LogP contribution in [0.2, 0.25) is 0 Å². The van der Waals surface area contributed by atoms with E-state index in [1.807, 2.05) is 18.5 Å². The van der Waals surface area contributed by atoms with Gasteiger partial charge in [-0.2, -0.15) is 0 Å². The highest BCUT2D eigenvalue weighted by molar-refractivity contribution is 7.00. The van der Waals surface area contributed by atoms with Crippen LogP contribution in [0.3, 0.4) is 0 Å². The molecule has 0 radical (unpaired) electrons. The maximum atomic E-state index is 4.81. The van der Waals surface area contributed by atoms with E-state index in [2.05, 4.69) is 209 Å². The first-order valence-electron chi connectivity index (χ1n) is 20.7. The number of hydrogen-bond acceptors (Lipinski definition) is 4. The van der Waals surface area contributed by atoms with E-state index in [0.29, 0.717) is 5.82 Å². The summed E-state index contributed by atoms with van der Waals surface area (Å²) in [4.78, 5) is 14.6. The van der Waals surface area contributed by atoms with Gasteiger partial charge in [0.25, 0.3) is 6.71 Å². The monoisotopic (exact) mass is 762 g/mol. The van der Waals surface area contributed by atoms with E-state index in [-0.39, 0.29) is 17.5 Å². The molecule has 1 aromatic heterocycles. The summed E-state index contributed by atoms with van der Waals surface area (Å²) in [5, 5.41) is 0. The molecule has 0 N–H and O–H groups in total. The van der Waals surface area contributed by atoms with Crippen molar-refractivity contribution >= 4 is 57.2 Å². The van der Waals surface area contributed by atoms with Gasteiger partial charge in [0.2, 0.25) is 0 Å². The molecule has 0 aliphatic carbocycles. The maximum absolute atomic E-state index is 4.81. The summed E-state index contributed by atoms with van der Waals surface area (Å²) in [5.41, 5.74) is 19.1. The summed E-state index contributed by atoms with van der Waals surface area (Å²) >= 11 is 0. The van der Waals surface area contributed by atoms with Crippen molar-refractivity contribution in [3.8, 4) is 33.6 Å². The second-order valence-corrected chi connectivity index (χ2v) is 18.0. The molecule has 8 aromatic rings. The van der Waals surface area contributed by atoms with E-state index in [9.17, 15) is 0 Å². The molecule has 2 aliphatic heterocycles. The highest BCUT2D eigenvalue weighted by Gasteiger charge is 2.44. The molecule has 3 heterocycles. The fraction of sp³-hybridized carbons (Fsp3) is 0.148. The summed E-state index contributed by atoms with van der Waals surface area (Å²) in [5.74, 6) is 0.699. The van der Waals surface area contributed by atoms with Crippen molar-refractivity contribution in [2.75, 3.05) is 9.80 Å². The van der Waals surface area contributed by atoms with E-state index >= 15 is 0 Å². The lowest BCUT2D eigenvalue weighted by Gasteiger charge is -2.44. The first kappa shape index (κ1) is 36.6. The molecule has 2 aliphatic rings. The number of anilines is 6. The number of benzene rings is 7. The predicted molar refractivity (Wildman–Crippen MR) is 250 cm³/mol. The smallest absolute Gasteiger partial charge is 0.252 e. The lowest BCUT2D eigenvalue weighted by Crippen LogP contribution is -2.61. The second kappa shape index (κ2) is 14.0. The lowest BCUT2D eigenvalue weighted by molar-refractivity contribution is 0.590. The SMILES string of the molecule is CC(C)(C)c1ccc(N2c3ccc(-c4ccccc4)cc3B3c4cc(-c5ccccc5)ccc4N(c4ccc(C(C)(C)C)cc4)c4cc(-c5ncccn5)cc2c43)cc1. The molecule has 59 heavy (non-hydrogen) atoms. The number of rotatable bonds is 5. The summed E-state index contributed by atoms with van der Waals surface area (Å²) in [7, 11) is 0. The third-order valence-corrected chi connectivity index (χ3v) is 12.1. The van der Waals surface area contributed by atoms with Crippen LogP contribution in [-0.4, -0.2) is 16.7 Å². The molecular formula is C54H47BN4. The molecule has 4 nitrogen and oxygen atoms in total. The van der Waals surface area contributed by atoms with Gasteiger partial charge < -0.3 is 9.80 Å². The molecule has 0 amide bonds. The van der Waals surface area contributed by atoms with Crippen LogP contribution in [0.4, 0.5) is 34.1 Å². The van der Waals surface area contributed by atoms with Crippen LogP contribution in [-0.2, 0) is 10.8 Å². The number of aromatic nitrogens is 2. The van der Waals surface area contributed by atoms with Gasteiger partial charge in [0, 0.05) is 52.1 Å². The van der Waals surface area contributed by atoms with Crippen molar-refractivity contribution in [1.82, 2.24) is 9.97 Å². The lowest BCUT2D eigenvalue weighted by atomic mass is 9.33. The number of fused-ring (bicyclic) bond motifs is 4. The molecule has 0 bridgehead atoms. The molecule has 7 aromatic carbocycles. The summed E-state index contributed by atoms with van der Waals surface area (Å²) < 4.78 is 0. The van der Waals surface area contributed by atoms with E-state index in [4.69, 9.17) is 9.97 Å². The third-order valence-electron chi connectivity index (χ3n) is 12.1. The molecule has 0 fully saturated rings. The van der Waals surface area contributed by atoms with E-state index in [0.717, 1.165) is 28.3 Å². The van der Waals surface area contributed by atoms with Gasteiger partial charge in [-0.3, -0.25) is 0 Å². The van der Waals surface area contributed by atoms with Crippen molar-refractivity contribution in [2.24, 2.45) is 0 Å².